The number of hydrogen-bond acceptors (Lipinski definition) is 7. The summed E-state index contributed by atoms with van der Waals surface area (Å²) in [6.07, 6.45) is 4.45. The summed E-state index contributed by atoms with van der Waals surface area (Å²) in [5, 5.41) is 7.51. The molecule has 0 saturated heterocycles. The Kier molecular flexibility index (Phi) is 6.16. The first kappa shape index (κ1) is 23.3. The van der Waals surface area contributed by atoms with Crippen LogP contribution < -0.4 is 10.6 Å². The standard InChI is InChI=1S/C25H30N8OS/c1-25(2,13-32(3)4)31-24(34)33-9-7-16(8-10-33)20-12-18-22(26-14-27-23(18)30-20)29-17-5-6-19-21(11-17)35-15-28-19/h5-7,11-12,14-15H,8-10,13H2,1-4H3,(H,31,34)(H2,26,27,29,30). The molecule has 0 radical (unpaired) electrons. The van der Waals surface area contributed by atoms with Crippen LogP contribution in [-0.4, -0.2) is 75.0 Å². The predicted octanol–water partition coefficient (Wildman–Crippen LogP) is 4.45. The van der Waals surface area contributed by atoms with E-state index in [0.29, 0.717) is 13.1 Å². The number of likely N-dealkylation sites (N-methyl/N-ethyl adjacent to an activating group) is 1. The number of nitrogens with zero attached hydrogens (tertiary/aromatic N) is 5. The van der Waals surface area contributed by atoms with Gasteiger partial charge in [-0.15, -0.1) is 11.3 Å². The number of carbonyl (C=O) groups excluding carboxylic acids is 1. The van der Waals surface area contributed by atoms with Gasteiger partial charge >= 0.3 is 6.03 Å². The number of fused-ring (bicyclic) bond motifs is 2. The molecule has 9 nitrogen and oxygen atoms in total. The summed E-state index contributed by atoms with van der Waals surface area (Å²) in [5.41, 5.74) is 6.47. The molecule has 4 aromatic rings. The maximum atomic E-state index is 12.8. The Labute approximate surface area is 208 Å². The van der Waals surface area contributed by atoms with E-state index in [4.69, 9.17) is 0 Å². The van der Waals surface area contributed by atoms with E-state index < -0.39 is 0 Å². The molecular formula is C25H30N8OS. The monoisotopic (exact) mass is 490 g/mol. The van der Waals surface area contributed by atoms with Crippen LogP contribution in [0.3, 0.4) is 0 Å². The molecule has 5 rings (SSSR count). The second-order valence-electron chi connectivity index (χ2n) is 9.80. The SMILES string of the molecule is CN(C)CC(C)(C)NC(=O)N1CC=C(c2cc3c(Nc4ccc5ncsc5c4)ncnc3[nH]2)CC1. The van der Waals surface area contributed by atoms with Crippen LogP contribution in [0.15, 0.2) is 42.2 Å². The lowest BCUT2D eigenvalue weighted by Crippen LogP contribution is -2.54. The van der Waals surface area contributed by atoms with E-state index in [1.807, 2.05) is 50.5 Å². The second-order valence-corrected chi connectivity index (χ2v) is 10.7. The van der Waals surface area contributed by atoms with Crippen LogP contribution in [0.25, 0.3) is 26.8 Å². The van der Waals surface area contributed by atoms with Gasteiger partial charge in [0.05, 0.1) is 21.1 Å². The van der Waals surface area contributed by atoms with Gasteiger partial charge < -0.3 is 25.4 Å². The Bertz CT molecular complexity index is 1400. The fourth-order valence-corrected chi connectivity index (χ4v) is 5.30. The normalized spacial score (nSPS) is 14.5. The molecule has 0 unspecified atom stereocenters. The van der Waals surface area contributed by atoms with Gasteiger partial charge in [0, 0.05) is 36.6 Å². The molecule has 1 aromatic carbocycles. The third kappa shape index (κ3) is 5.13. The lowest BCUT2D eigenvalue weighted by molar-refractivity contribution is 0.183. The van der Waals surface area contributed by atoms with Crippen molar-refractivity contribution in [2.45, 2.75) is 25.8 Å². The number of thiazole rings is 1. The topological polar surface area (TPSA) is 102 Å². The fourth-order valence-electron chi connectivity index (χ4n) is 4.58. The van der Waals surface area contributed by atoms with Gasteiger partial charge in [-0.25, -0.2) is 19.7 Å². The zero-order valence-electron chi connectivity index (χ0n) is 20.4. The molecule has 3 N–H and O–H groups in total. The average molecular weight is 491 g/mol. The Morgan fingerprint density at radius 3 is 2.86 bits per heavy atom. The van der Waals surface area contributed by atoms with Gasteiger partial charge in [-0.3, -0.25) is 0 Å². The summed E-state index contributed by atoms with van der Waals surface area (Å²) in [6, 6.07) is 8.15. The van der Waals surface area contributed by atoms with Gasteiger partial charge in [-0.05, 0) is 64.2 Å². The molecule has 4 heterocycles. The van der Waals surface area contributed by atoms with Crippen molar-refractivity contribution in [3.8, 4) is 0 Å². The van der Waals surface area contributed by atoms with Crippen LogP contribution in [0.5, 0.6) is 0 Å². The lowest BCUT2D eigenvalue weighted by atomic mass is 10.0. The van der Waals surface area contributed by atoms with Crippen molar-refractivity contribution in [1.29, 1.82) is 0 Å². The number of rotatable bonds is 6. The number of hydrogen-bond donors (Lipinski definition) is 3. The van der Waals surface area contributed by atoms with E-state index in [2.05, 4.69) is 53.7 Å². The van der Waals surface area contributed by atoms with E-state index >= 15 is 0 Å². The summed E-state index contributed by atoms with van der Waals surface area (Å²) in [5.74, 6) is 0.752. The molecule has 0 fully saturated rings. The second kappa shape index (κ2) is 9.27. The minimum atomic E-state index is -0.297. The van der Waals surface area contributed by atoms with Gasteiger partial charge in [0.2, 0.25) is 0 Å². The molecule has 0 atom stereocenters. The number of aromatic nitrogens is 4. The van der Waals surface area contributed by atoms with Crippen LogP contribution in [0, 0.1) is 0 Å². The van der Waals surface area contributed by atoms with E-state index in [0.717, 1.165) is 51.4 Å². The predicted molar refractivity (Wildman–Crippen MR) is 142 cm³/mol. The number of carbonyl (C=O) groups is 1. The van der Waals surface area contributed by atoms with Gasteiger partial charge in [0.15, 0.2) is 0 Å². The molecule has 0 aliphatic carbocycles. The first-order valence-electron chi connectivity index (χ1n) is 11.6. The molecule has 1 aliphatic rings. The first-order valence-corrected chi connectivity index (χ1v) is 12.5. The summed E-state index contributed by atoms with van der Waals surface area (Å²) >= 11 is 1.61. The largest absolute Gasteiger partial charge is 0.340 e. The van der Waals surface area contributed by atoms with Crippen molar-refractivity contribution in [2.75, 3.05) is 39.0 Å². The van der Waals surface area contributed by atoms with Crippen LogP contribution in [0.2, 0.25) is 0 Å². The summed E-state index contributed by atoms with van der Waals surface area (Å²) < 4.78 is 1.13. The molecule has 35 heavy (non-hydrogen) atoms. The number of anilines is 2. The van der Waals surface area contributed by atoms with E-state index in [1.54, 1.807) is 17.7 Å². The van der Waals surface area contributed by atoms with E-state index in [9.17, 15) is 4.79 Å². The van der Waals surface area contributed by atoms with Crippen molar-refractivity contribution < 1.29 is 4.79 Å². The van der Waals surface area contributed by atoms with Crippen LogP contribution >= 0.6 is 11.3 Å². The molecule has 0 spiro atoms. The van der Waals surface area contributed by atoms with Gasteiger partial charge in [0.1, 0.15) is 17.8 Å². The zero-order chi connectivity index (χ0) is 24.6. The lowest BCUT2D eigenvalue weighted by Gasteiger charge is -2.34. The molecule has 182 valence electrons. The highest BCUT2D eigenvalue weighted by atomic mass is 32.1. The van der Waals surface area contributed by atoms with Gasteiger partial charge in [-0.2, -0.15) is 0 Å². The molecule has 10 heteroatoms. The van der Waals surface area contributed by atoms with Crippen molar-refractivity contribution in [3.05, 3.63) is 47.9 Å². The minimum absolute atomic E-state index is 0.0286. The highest BCUT2D eigenvalue weighted by Gasteiger charge is 2.26. The molecule has 1 aliphatic heterocycles. The third-order valence-corrected chi connectivity index (χ3v) is 6.81. The third-order valence-electron chi connectivity index (χ3n) is 6.02. The van der Waals surface area contributed by atoms with E-state index in [-0.39, 0.29) is 11.6 Å². The van der Waals surface area contributed by atoms with Crippen LogP contribution in [-0.2, 0) is 0 Å². The average Bonchev–Trinajstić information content (AvgIpc) is 3.45. The molecule has 2 amide bonds. The summed E-state index contributed by atoms with van der Waals surface area (Å²) in [4.78, 5) is 33.4. The molecule has 0 bridgehead atoms. The fraction of sp³-hybridized carbons (Fsp3) is 0.360. The van der Waals surface area contributed by atoms with E-state index in [1.165, 1.54) is 5.57 Å². The highest BCUT2D eigenvalue weighted by Crippen LogP contribution is 2.30. The summed E-state index contributed by atoms with van der Waals surface area (Å²) in [7, 11) is 4.02. The van der Waals surface area contributed by atoms with Crippen molar-refractivity contribution in [1.82, 2.24) is 35.1 Å². The molecule has 3 aromatic heterocycles. The Hall–Kier alpha value is -3.50. The highest BCUT2D eigenvalue weighted by molar-refractivity contribution is 7.16. The van der Waals surface area contributed by atoms with Gasteiger partial charge in [0.25, 0.3) is 0 Å². The summed E-state index contributed by atoms with van der Waals surface area (Å²) in [6.45, 7) is 6.10. The van der Waals surface area contributed by atoms with Gasteiger partial charge in [-0.1, -0.05) is 6.08 Å². The number of amides is 2. The Balaban J connectivity index is 1.31. The van der Waals surface area contributed by atoms with Crippen molar-refractivity contribution >= 4 is 55.7 Å². The maximum absolute atomic E-state index is 12.8. The van der Waals surface area contributed by atoms with Crippen LogP contribution in [0.4, 0.5) is 16.3 Å². The number of urea groups is 1. The maximum Gasteiger partial charge on any atom is 0.318 e. The van der Waals surface area contributed by atoms with Crippen LogP contribution in [0.1, 0.15) is 26.0 Å². The number of nitrogens with one attached hydrogen (secondary N) is 3. The minimum Gasteiger partial charge on any atom is -0.340 e. The first-order chi connectivity index (χ1) is 16.8. The molecular weight excluding hydrogens is 460 g/mol. The smallest absolute Gasteiger partial charge is 0.318 e. The quantitative estimate of drug-likeness (QED) is 0.369. The zero-order valence-corrected chi connectivity index (χ0v) is 21.2. The number of benzene rings is 1. The Morgan fingerprint density at radius 2 is 2.09 bits per heavy atom. The van der Waals surface area contributed by atoms with Crippen molar-refractivity contribution in [2.24, 2.45) is 0 Å². The number of aromatic amines is 1. The Morgan fingerprint density at radius 1 is 1.23 bits per heavy atom. The molecule has 0 saturated carbocycles. The van der Waals surface area contributed by atoms with Crippen molar-refractivity contribution in [3.63, 3.8) is 0 Å². The number of H-pyrrole nitrogens is 1.